The van der Waals surface area contributed by atoms with E-state index in [-0.39, 0.29) is 0 Å². The highest BCUT2D eigenvalue weighted by molar-refractivity contribution is 6.17. The van der Waals surface area contributed by atoms with Crippen molar-refractivity contribution >= 4 is 11.6 Å². The van der Waals surface area contributed by atoms with Gasteiger partial charge in [-0.15, -0.1) is 11.6 Å². The van der Waals surface area contributed by atoms with Crippen molar-refractivity contribution in [3.05, 3.63) is 46.3 Å². The van der Waals surface area contributed by atoms with Crippen molar-refractivity contribution in [1.29, 1.82) is 5.26 Å². The average molecular weight is 261 g/mol. The molecule has 0 bridgehead atoms. The molecular weight excluding hydrogens is 244 g/mol. The maximum absolute atomic E-state index is 9.22. The van der Waals surface area contributed by atoms with Crippen LogP contribution in [0.5, 0.6) is 0 Å². The van der Waals surface area contributed by atoms with Crippen molar-refractivity contribution in [3.63, 3.8) is 0 Å². The highest BCUT2D eigenvalue weighted by Gasteiger charge is 2.29. The van der Waals surface area contributed by atoms with Crippen LogP contribution in [0.3, 0.4) is 0 Å². The molecular formula is C15H17ClN2. The Bertz CT molecular complexity index is 486. The predicted molar refractivity (Wildman–Crippen MR) is 74.3 cm³/mol. The molecule has 94 valence electrons. The Morgan fingerprint density at radius 1 is 1.22 bits per heavy atom. The van der Waals surface area contributed by atoms with Crippen LogP contribution in [0.2, 0.25) is 0 Å². The molecule has 0 heterocycles. The summed E-state index contributed by atoms with van der Waals surface area (Å²) in [7, 11) is 0. The normalized spacial score (nSPS) is 11.7. The van der Waals surface area contributed by atoms with Crippen LogP contribution in [0.25, 0.3) is 4.85 Å². The third-order valence-corrected chi connectivity index (χ3v) is 3.44. The molecule has 1 aromatic carbocycles. The van der Waals surface area contributed by atoms with Crippen LogP contribution >= 0.6 is 11.6 Å². The van der Waals surface area contributed by atoms with E-state index in [4.69, 9.17) is 18.2 Å². The molecule has 0 aliphatic heterocycles. The number of nitriles is 1. The first-order chi connectivity index (χ1) is 8.26. The highest BCUT2D eigenvalue weighted by atomic mass is 35.5. The summed E-state index contributed by atoms with van der Waals surface area (Å²) in [4.78, 5) is 3.64. The molecule has 0 aliphatic rings. The van der Waals surface area contributed by atoms with Crippen molar-refractivity contribution in [2.75, 3.05) is 0 Å². The lowest BCUT2D eigenvalue weighted by Crippen LogP contribution is -2.18. The van der Waals surface area contributed by atoms with Crippen LogP contribution < -0.4 is 0 Å². The van der Waals surface area contributed by atoms with Gasteiger partial charge >= 0.3 is 0 Å². The molecule has 0 saturated heterocycles. The summed E-state index contributed by atoms with van der Waals surface area (Å²) in [6.07, 6.45) is 0. The van der Waals surface area contributed by atoms with Crippen molar-refractivity contribution < 1.29 is 0 Å². The van der Waals surface area contributed by atoms with Gasteiger partial charge in [-0.2, -0.15) is 5.26 Å². The van der Waals surface area contributed by atoms with Gasteiger partial charge in [-0.25, -0.2) is 6.57 Å². The van der Waals surface area contributed by atoms with E-state index in [0.29, 0.717) is 5.88 Å². The first kappa shape index (κ1) is 14.6. The van der Waals surface area contributed by atoms with E-state index < -0.39 is 11.0 Å². The Morgan fingerprint density at radius 3 is 2.22 bits per heavy atom. The molecule has 0 aromatic heterocycles. The number of hydrogen-bond acceptors (Lipinski definition) is 1. The van der Waals surface area contributed by atoms with Crippen LogP contribution in [-0.2, 0) is 16.8 Å². The Kier molecular flexibility index (Phi) is 4.05. The molecule has 18 heavy (non-hydrogen) atoms. The van der Waals surface area contributed by atoms with E-state index in [1.165, 1.54) is 0 Å². The van der Waals surface area contributed by atoms with E-state index in [2.05, 4.69) is 10.9 Å². The minimum Gasteiger partial charge on any atom is -0.306 e. The van der Waals surface area contributed by atoms with Crippen molar-refractivity contribution in [2.45, 2.75) is 44.5 Å². The monoisotopic (exact) mass is 260 g/mol. The van der Waals surface area contributed by atoms with Crippen LogP contribution in [0, 0.1) is 17.9 Å². The molecule has 0 radical (unpaired) electrons. The molecule has 0 amide bonds. The summed E-state index contributed by atoms with van der Waals surface area (Å²) in [5.74, 6) is 0.385. The first-order valence-electron chi connectivity index (χ1n) is 5.77. The highest BCUT2D eigenvalue weighted by Crippen LogP contribution is 2.31. The fourth-order valence-corrected chi connectivity index (χ4v) is 1.77. The lowest BCUT2D eigenvalue weighted by molar-refractivity contribution is 0.646. The summed E-state index contributed by atoms with van der Waals surface area (Å²) in [6, 6.07) is 8.12. The molecule has 0 spiro atoms. The second kappa shape index (κ2) is 5.01. The van der Waals surface area contributed by atoms with Gasteiger partial charge in [0.1, 0.15) is 0 Å². The summed E-state index contributed by atoms with van der Waals surface area (Å²) >= 11 is 5.90. The van der Waals surface area contributed by atoms with Gasteiger partial charge in [0.25, 0.3) is 5.54 Å². The Labute approximate surface area is 114 Å². The number of nitrogens with zero attached hydrogens (tertiary/aromatic N) is 2. The lowest BCUT2D eigenvalue weighted by Gasteiger charge is -2.20. The molecule has 3 heteroatoms. The van der Waals surface area contributed by atoms with E-state index >= 15 is 0 Å². The number of halogens is 1. The molecule has 0 fully saturated rings. The van der Waals surface area contributed by atoms with Crippen LogP contribution in [0.4, 0.5) is 0 Å². The Hall–Kier alpha value is -1.51. The van der Waals surface area contributed by atoms with Gasteiger partial charge in [-0.05, 0) is 37.1 Å². The molecule has 0 aliphatic carbocycles. The topological polar surface area (TPSA) is 28.1 Å². The molecule has 1 aromatic rings. The summed E-state index contributed by atoms with van der Waals surface area (Å²) in [5, 5.41) is 9.22. The third-order valence-electron chi connectivity index (χ3n) is 3.13. The fourth-order valence-electron chi connectivity index (χ4n) is 1.61. The number of rotatable bonds is 3. The second-order valence-electron chi connectivity index (χ2n) is 5.46. The van der Waals surface area contributed by atoms with E-state index in [0.717, 1.165) is 16.7 Å². The molecule has 2 nitrogen and oxygen atoms in total. The van der Waals surface area contributed by atoms with Crippen LogP contribution in [0.15, 0.2) is 18.2 Å². The van der Waals surface area contributed by atoms with E-state index in [1.807, 2.05) is 45.9 Å². The SMILES string of the molecule is [C-]#[N+]C(C)(C)c1cc(CCl)cc(C(C)(C)C#N)c1. The zero-order valence-corrected chi connectivity index (χ0v) is 12.0. The zero-order chi connectivity index (χ0) is 14.0. The summed E-state index contributed by atoms with van der Waals surface area (Å²) in [5.41, 5.74) is 1.60. The molecule has 0 unspecified atom stereocenters. The van der Waals surface area contributed by atoms with E-state index in [9.17, 15) is 5.26 Å². The summed E-state index contributed by atoms with van der Waals surface area (Å²) in [6.45, 7) is 14.8. The Balaban J connectivity index is 3.47. The number of alkyl halides is 1. The molecule has 0 atom stereocenters. The molecule has 0 saturated carbocycles. The van der Waals surface area contributed by atoms with Gasteiger partial charge in [0.15, 0.2) is 0 Å². The van der Waals surface area contributed by atoms with Crippen molar-refractivity contribution in [2.24, 2.45) is 0 Å². The summed E-state index contributed by atoms with van der Waals surface area (Å²) < 4.78 is 0. The minimum atomic E-state index is -0.595. The number of benzene rings is 1. The molecule has 0 N–H and O–H groups in total. The van der Waals surface area contributed by atoms with Gasteiger partial charge in [0.2, 0.25) is 0 Å². The smallest absolute Gasteiger partial charge is 0.252 e. The van der Waals surface area contributed by atoms with Crippen LogP contribution in [-0.4, -0.2) is 0 Å². The standard InChI is InChI=1S/C15H17ClN2/c1-14(2,10-17)12-6-11(9-16)7-13(8-12)15(3,4)18-5/h6-8H,9H2,1-4H3. The zero-order valence-electron chi connectivity index (χ0n) is 11.2. The van der Waals surface area contributed by atoms with Gasteiger partial charge in [-0.3, -0.25) is 0 Å². The first-order valence-corrected chi connectivity index (χ1v) is 6.31. The van der Waals surface area contributed by atoms with Gasteiger partial charge in [-0.1, -0.05) is 6.07 Å². The Morgan fingerprint density at radius 2 is 1.78 bits per heavy atom. The van der Waals surface area contributed by atoms with Gasteiger partial charge < -0.3 is 4.85 Å². The van der Waals surface area contributed by atoms with Crippen molar-refractivity contribution in [3.8, 4) is 6.07 Å². The van der Waals surface area contributed by atoms with Gasteiger partial charge in [0, 0.05) is 25.3 Å². The predicted octanol–water partition coefficient (Wildman–Crippen LogP) is 4.38. The number of hydrogen-bond donors (Lipinski definition) is 0. The quantitative estimate of drug-likeness (QED) is 0.585. The minimum absolute atomic E-state index is 0.385. The largest absolute Gasteiger partial charge is 0.306 e. The molecule has 1 rings (SSSR count). The van der Waals surface area contributed by atoms with Gasteiger partial charge in [0.05, 0.1) is 11.5 Å². The third kappa shape index (κ3) is 2.84. The lowest BCUT2D eigenvalue weighted by atomic mass is 9.82. The second-order valence-corrected chi connectivity index (χ2v) is 5.73. The average Bonchev–Trinajstić information content (AvgIpc) is 2.38. The van der Waals surface area contributed by atoms with Crippen LogP contribution in [0.1, 0.15) is 44.4 Å². The maximum Gasteiger partial charge on any atom is 0.252 e. The van der Waals surface area contributed by atoms with E-state index in [1.54, 1.807) is 0 Å². The maximum atomic E-state index is 9.22. The van der Waals surface area contributed by atoms with Crippen molar-refractivity contribution in [1.82, 2.24) is 0 Å². The fraction of sp³-hybridized carbons (Fsp3) is 0.467.